The van der Waals surface area contributed by atoms with Crippen molar-refractivity contribution in [2.75, 3.05) is 19.8 Å². The van der Waals surface area contributed by atoms with E-state index in [1.54, 1.807) is 6.08 Å². The van der Waals surface area contributed by atoms with E-state index >= 15 is 0 Å². The SMILES string of the molecule is C=CCNC(=O)[C@H]1C[C@@H]1c1ccc2c(c1)OCCO2. The van der Waals surface area contributed by atoms with Crippen LogP contribution in [0.25, 0.3) is 0 Å². The van der Waals surface area contributed by atoms with Gasteiger partial charge in [0.15, 0.2) is 11.5 Å². The Bertz CT molecular complexity index is 512. The third-order valence-corrected chi connectivity index (χ3v) is 3.54. The van der Waals surface area contributed by atoms with Crippen LogP contribution in [-0.2, 0) is 4.79 Å². The molecule has 0 spiro atoms. The van der Waals surface area contributed by atoms with Crippen molar-refractivity contribution in [3.8, 4) is 11.5 Å². The Balaban J connectivity index is 1.68. The van der Waals surface area contributed by atoms with Crippen molar-refractivity contribution in [1.82, 2.24) is 5.32 Å². The lowest BCUT2D eigenvalue weighted by Gasteiger charge is -2.18. The molecule has 2 aliphatic rings. The first kappa shape index (κ1) is 12.1. The Morgan fingerprint density at radius 1 is 1.37 bits per heavy atom. The predicted octanol–water partition coefficient (Wildman–Crippen LogP) is 1.86. The molecule has 0 radical (unpaired) electrons. The Kier molecular flexibility index (Phi) is 3.15. The number of hydrogen-bond acceptors (Lipinski definition) is 3. The minimum atomic E-state index is 0.0857. The first-order chi connectivity index (χ1) is 9.29. The molecule has 1 fully saturated rings. The van der Waals surface area contributed by atoms with E-state index in [0.717, 1.165) is 23.5 Å². The number of rotatable bonds is 4. The fourth-order valence-electron chi connectivity index (χ4n) is 2.45. The van der Waals surface area contributed by atoms with E-state index in [9.17, 15) is 4.79 Å². The first-order valence-electron chi connectivity index (χ1n) is 6.57. The molecule has 0 bridgehead atoms. The lowest BCUT2D eigenvalue weighted by molar-refractivity contribution is -0.122. The normalized spacial score (nSPS) is 23.6. The summed E-state index contributed by atoms with van der Waals surface area (Å²) in [7, 11) is 0. The molecule has 4 nitrogen and oxygen atoms in total. The molecule has 1 aliphatic carbocycles. The van der Waals surface area contributed by atoms with Crippen LogP contribution in [0, 0.1) is 5.92 Å². The molecule has 3 rings (SSSR count). The molecule has 19 heavy (non-hydrogen) atoms. The van der Waals surface area contributed by atoms with Gasteiger partial charge in [-0.05, 0) is 30.0 Å². The number of carbonyl (C=O) groups is 1. The van der Waals surface area contributed by atoms with Crippen LogP contribution in [0.1, 0.15) is 17.9 Å². The second-order valence-electron chi connectivity index (χ2n) is 4.89. The van der Waals surface area contributed by atoms with E-state index in [-0.39, 0.29) is 11.8 Å². The summed E-state index contributed by atoms with van der Waals surface area (Å²) in [6, 6.07) is 5.96. The van der Waals surface area contributed by atoms with Gasteiger partial charge in [-0.3, -0.25) is 4.79 Å². The van der Waals surface area contributed by atoms with Crippen molar-refractivity contribution < 1.29 is 14.3 Å². The van der Waals surface area contributed by atoms with E-state index in [0.29, 0.717) is 25.7 Å². The number of ether oxygens (including phenoxy) is 2. The van der Waals surface area contributed by atoms with Crippen molar-refractivity contribution in [1.29, 1.82) is 0 Å². The molecular formula is C15H17NO3. The van der Waals surface area contributed by atoms with Crippen LogP contribution in [0.4, 0.5) is 0 Å². The fraction of sp³-hybridized carbons (Fsp3) is 0.400. The summed E-state index contributed by atoms with van der Waals surface area (Å²) in [6.07, 6.45) is 2.60. The summed E-state index contributed by atoms with van der Waals surface area (Å²) in [5.74, 6) is 2.09. The average molecular weight is 259 g/mol. The summed E-state index contributed by atoms with van der Waals surface area (Å²) in [6.45, 7) is 5.31. The third-order valence-electron chi connectivity index (χ3n) is 3.54. The predicted molar refractivity (Wildman–Crippen MR) is 71.5 cm³/mol. The van der Waals surface area contributed by atoms with Crippen molar-refractivity contribution in [2.24, 2.45) is 5.92 Å². The van der Waals surface area contributed by atoms with Gasteiger partial charge in [-0.15, -0.1) is 6.58 Å². The topological polar surface area (TPSA) is 47.6 Å². The number of nitrogens with one attached hydrogen (secondary N) is 1. The Hall–Kier alpha value is -1.97. The van der Waals surface area contributed by atoms with Gasteiger partial charge in [0.2, 0.25) is 5.91 Å². The zero-order chi connectivity index (χ0) is 13.2. The van der Waals surface area contributed by atoms with Gasteiger partial charge >= 0.3 is 0 Å². The van der Waals surface area contributed by atoms with Crippen molar-refractivity contribution in [3.63, 3.8) is 0 Å². The highest BCUT2D eigenvalue weighted by Gasteiger charge is 2.44. The van der Waals surface area contributed by atoms with Crippen LogP contribution in [0.5, 0.6) is 11.5 Å². The Morgan fingerprint density at radius 2 is 2.16 bits per heavy atom. The summed E-state index contributed by atoms with van der Waals surface area (Å²) in [5, 5.41) is 2.84. The number of amides is 1. The highest BCUT2D eigenvalue weighted by atomic mass is 16.6. The monoisotopic (exact) mass is 259 g/mol. The van der Waals surface area contributed by atoms with Gasteiger partial charge in [0.05, 0.1) is 0 Å². The molecule has 1 amide bonds. The molecule has 2 atom stereocenters. The zero-order valence-corrected chi connectivity index (χ0v) is 10.7. The average Bonchev–Trinajstić information content (AvgIpc) is 3.24. The summed E-state index contributed by atoms with van der Waals surface area (Å²) >= 11 is 0. The molecule has 1 aromatic rings. The van der Waals surface area contributed by atoms with E-state index < -0.39 is 0 Å². The minimum Gasteiger partial charge on any atom is -0.486 e. The van der Waals surface area contributed by atoms with Crippen LogP contribution < -0.4 is 14.8 Å². The number of carbonyl (C=O) groups excluding carboxylic acids is 1. The summed E-state index contributed by atoms with van der Waals surface area (Å²) < 4.78 is 11.1. The Labute approximate surface area is 112 Å². The maximum Gasteiger partial charge on any atom is 0.223 e. The van der Waals surface area contributed by atoms with Crippen LogP contribution in [-0.4, -0.2) is 25.7 Å². The second-order valence-corrected chi connectivity index (χ2v) is 4.89. The van der Waals surface area contributed by atoms with Crippen molar-refractivity contribution in [2.45, 2.75) is 12.3 Å². The summed E-state index contributed by atoms with van der Waals surface area (Å²) in [5.41, 5.74) is 1.16. The molecule has 100 valence electrons. The van der Waals surface area contributed by atoms with Gasteiger partial charge in [-0.1, -0.05) is 12.1 Å². The maximum atomic E-state index is 11.8. The highest BCUT2D eigenvalue weighted by molar-refractivity contribution is 5.83. The van der Waals surface area contributed by atoms with Crippen molar-refractivity contribution in [3.05, 3.63) is 36.4 Å². The third kappa shape index (κ3) is 2.43. The van der Waals surface area contributed by atoms with E-state index in [2.05, 4.69) is 11.9 Å². The van der Waals surface area contributed by atoms with E-state index in [1.807, 2.05) is 18.2 Å². The van der Waals surface area contributed by atoms with Crippen molar-refractivity contribution >= 4 is 5.91 Å². The van der Waals surface area contributed by atoms with E-state index in [1.165, 1.54) is 0 Å². The number of fused-ring (bicyclic) bond motifs is 1. The van der Waals surface area contributed by atoms with Crippen LogP contribution in [0.2, 0.25) is 0 Å². The molecule has 0 aromatic heterocycles. The lowest BCUT2D eigenvalue weighted by Crippen LogP contribution is -2.25. The maximum absolute atomic E-state index is 11.8. The molecule has 1 N–H and O–H groups in total. The van der Waals surface area contributed by atoms with Gasteiger partial charge in [0.1, 0.15) is 13.2 Å². The Morgan fingerprint density at radius 3 is 2.95 bits per heavy atom. The standard InChI is InChI=1S/C15H17NO3/c1-2-5-16-15(17)12-9-11(12)10-3-4-13-14(8-10)19-7-6-18-13/h2-4,8,11-12H,1,5-7,9H2,(H,16,17)/t11-,12+/m1/s1. The number of hydrogen-bond donors (Lipinski definition) is 1. The second kappa shape index (κ2) is 4.96. The zero-order valence-electron chi connectivity index (χ0n) is 10.7. The fourth-order valence-corrected chi connectivity index (χ4v) is 2.45. The van der Waals surface area contributed by atoms with E-state index in [4.69, 9.17) is 9.47 Å². The molecule has 1 aliphatic heterocycles. The quantitative estimate of drug-likeness (QED) is 0.840. The van der Waals surface area contributed by atoms with Gasteiger partial charge in [0, 0.05) is 12.5 Å². The summed E-state index contributed by atoms with van der Waals surface area (Å²) in [4.78, 5) is 11.8. The largest absolute Gasteiger partial charge is 0.486 e. The first-order valence-corrected chi connectivity index (χ1v) is 6.57. The minimum absolute atomic E-state index is 0.0857. The van der Waals surface area contributed by atoms with Gasteiger partial charge in [0.25, 0.3) is 0 Å². The molecule has 1 aromatic carbocycles. The van der Waals surface area contributed by atoms with Crippen LogP contribution >= 0.6 is 0 Å². The highest BCUT2D eigenvalue weighted by Crippen LogP contribution is 2.49. The van der Waals surface area contributed by atoms with Crippen LogP contribution in [0.3, 0.4) is 0 Å². The molecule has 1 heterocycles. The molecule has 0 unspecified atom stereocenters. The number of benzene rings is 1. The van der Waals surface area contributed by atoms with Gasteiger partial charge < -0.3 is 14.8 Å². The molecule has 4 heteroatoms. The molecular weight excluding hydrogens is 242 g/mol. The molecule has 0 saturated heterocycles. The smallest absolute Gasteiger partial charge is 0.223 e. The lowest BCUT2D eigenvalue weighted by atomic mass is 10.1. The van der Waals surface area contributed by atoms with Gasteiger partial charge in [-0.2, -0.15) is 0 Å². The van der Waals surface area contributed by atoms with Gasteiger partial charge in [-0.25, -0.2) is 0 Å². The van der Waals surface area contributed by atoms with Crippen LogP contribution in [0.15, 0.2) is 30.9 Å². The molecule has 1 saturated carbocycles.